The normalized spacial score (nSPS) is 11.9. The molecule has 2 heterocycles. The number of nitrogens with one attached hydrogen (secondary N) is 1. The average molecular weight is 284 g/mol. The second-order valence-corrected chi connectivity index (χ2v) is 5.88. The van der Waals surface area contributed by atoms with E-state index < -0.39 is 10.0 Å². The molecular formula is C10H16N6O2S. The van der Waals surface area contributed by atoms with Gasteiger partial charge in [-0.1, -0.05) is 0 Å². The summed E-state index contributed by atoms with van der Waals surface area (Å²) in [6.45, 7) is 0.274. The summed E-state index contributed by atoms with van der Waals surface area (Å²) in [7, 11) is -0.200. The van der Waals surface area contributed by atoms with Crippen LogP contribution in [-0.2, 0) is 30.5 Å². The SMILES string of the molecule is Cn1cc(S(=O)(=O)NCCc2ccnn2C)c(N)n1. The van der Waals surface area contributed by atoms with Crippen LogP contribution in [0.25, 0.3) is 0 Å². The summed E-state index contributed by atoms with van der Waals surface area (Å²) in [6.07, 6.45) is 3.60. The molecule has 2 aromatic heterocycles. The van der Waals surface area contributed by atoms with Gasteiger partial charge in [0.05, 0.1) is 0 Å². The first-order valence-corrected chi connectivity index (χ1v) is 7.14. The lowest BCUT2D eigenvalue weighted by molar-refractivity contribution is 0.580. The molecule has 0 unspecified atom stereocenters. The van der Waals surface area contributed by atoms with Crippen LogP contribution in [0.15, 0.2) is 23.4 Å². The zero-order valence-corrected chi connectivity index (χ0v) is 11.6. The van der Waals surface area contributed by atoms with E-state index in [1.807, 2.05) is 13.1 Å². The van der Waals surface area contributed by atoms with Crippen LogP contribution < -0.4 is 10.5 Å². The maximum absolute atomic E-state index is 12.0. The number of rotatable bonds is 5. The van der Waals surface area contributed by atoms with E-state index in [1.54, 1.807) is 17.9 Å². The summed E-state index contributed by atoms with van der Waals surface area (Å²) in [6, 6.07) is 1.84. The van der Waals surface area contributed by atoms with Gasteiger partial charge in [0.2, 0.25) is 10.0 Å². The van der Waals surface area contributed by atoms with Crippen molar-refractivity contribution in [3.63, 3.8) is 0 Å². The lowest BCUT2D eigenvalue weighted by atomic mass is 10.3. The lowest BCUT2D eigenvalue weighted by Crippen LogP contribution is -2.26. The number of aryl methyl sites for hydroxylation is 2. The van der Waals surface area contributed by atoms with E-state index in [0.717, 1.165) is 5.69 Å². The van der Waals surface area contributed by atoms with E-state index in [-0.39, 0.29) is 17.3 Å². The van der Waals surface area contributed by atoms with Gasteiger partial charge in [0.1, 0.15) is 4.90 Å². The van der Waals surface area contributed by atoms with E-state index in [9.17, 15) is 8.42 Å². The van der Waals surface area contributed by atoms with Crippen molar-refractivity contribution in [3.05, 3.63) is 24.2 Å². The van der Waals surface area contributed by atoms with Crippen LogP contribution in [0.5, 0.6) is 0 Å². The van der Waals surface area contributed by atoms with Crippen LogP contribution in [0.4, 0.5) is 5.82 Å². The molecule has 0 saturated carbocycles. The molecule has 104 valence electrons. The topological polar surface area (TPSA) is 108 Å². The Bertz CT molecular complexity index is 672. The highest BCUT2D eigenvalue weighted by molar-refractivity contribution is 7.89. The summed E-state index contributed by atoms with van der Waals surface area (Å²) in [4.78, 5) is 0.00000567. The molecular weight excluding hydrogens is 268 g/mol. The monoisotopic (exact) mass is 284 g/mol. The van der Waals surface area contributed by atoms with Crippen LogP contribution in [0.1, 0.15) is 5.69 Å². The molecule has 0 radical (unpaired) electrons. The van der Waals surface area contributed by atoms with Crippen LogP contribution >= 0.6 is 0 Å². The van der Waals surface area contributed by atoms with E-state index in [4.69, 9.17) is 5.73 Å². The Balaban J connectivity index is 2.03. The fraction of sp³-hybridized carbons (Fsp3) is 0.400. The molecule has 0 bridgehead atoms. The highest BCUT2D eigenvalue weighted by Crippen LogP contribution is 2.14. The maximum Gasteiger partial charge on any atom is 0.245 e. The van der Waals surface area contributed by atoms with Gasteiger partial charge in [0.25, 0.3) is 0 Å². The molecule has 0 fully saturated rings. The highest BCUT2D eigenvalue weighted by Gasteiger charge is 2.20. The Morgan fingerprint density at radius 2 is 2.16 bits per heavy atom. The molecule has 3 N–H and O–H groups in total. The van der Waals surface area contributed by atoms with Crippen LogP contribution in [0.2, 0.25) is 0 Å². The van der Waals surface area contributed by atoms with Gasteiger partial charge in [-0.15, -0.1) is 0 Å². The molecule has 2 rings (SSSR count). The quantitative estimate of drug-likeness (QED) is 0.751. The standard InChI is InChI=1S/C10H16N6O2S/c1-15-7-9(10(11)14-15)19(17,18)13-6-4-8-3-5-12-16(8)2/h3,5,7,13H,4,6H2,1-2H3,(H2,11,14). The Morgan fingerprint density at radius 3 is 2.68 bits per heavy atom. The van der Waals surface area contributed by atoms with Crippen LogP contribution in [0, 0.1) is 0 Å². The van der Waals surface area contributed by atoms with E-state index in [2.05, 4.69) is 14.9 Å². The van der Waals surface area contributed by atoms with Gasteiger partial charge in [-0.3, -0.25) is 9.36 Å². The Labute approximate surface area is 111 Å². The largest absolute Gasteiger partial charge is 0.381 e. The number of sulfonamides is 1. The summed E-state index contributed by atoms with van der Waals surface area (Å²) in [5.74, 6) is -0.00414. The molecule has 0 aliphatic heterocycles. The van der Waals surface area contributed by atoms with Crippen molar-refractivity contribution in [2.24, 2.45) is 14.1 Å². The van der Waals surface area contributed by atoms with Gasteiger partial charge in [0, 0.05) is 45.1 Å². The minimum absolute atomic E-state index is 0.00000567. The van der Waals surface area contributed by atoms with Gasteiger partial charge < -0.3 is 5.73 Å². The van der Waals surface area contributed by atoms with Crippen molar-refractivity contribution in [1.29, 1.82) is 0 Å². The Morgan fingerprint density at radius 1 is 1.42 bits per heavy atom. The molecule has 0 aliphatic carbocycles. The third-order valence-electron chi connectivity index (χ3n) is 2.71. The fourth-order valence-electron chi connectivity index (χ4n) is 1.73. The number of anilines is 1. The summed E-state index contributed by atoms with van der Waals surface area (Å²) in [5.41, 5.74) is 6.50. The van der Waals surface area contributed by atoms with Crippen molar-refractivity contribution in [2.45, 2.75) is 11.3 Å². The minimum Gasteiger partial charge on any atom is -0.381 e. The average Bonchev–Trinajstić information content (AvgIpc) is 2.86. The maximum atomic E-state index is 12.0. The predicted octanol–water partition coefficient (Wildman–Crippen LogP) is -0.743. The van der Waals surface area contributed by atoms with Gasteiger partial charge in [-0.05, 0) is 6.07 Å². The smallest absolute Gasteiger partial charge is 0.245 e. The van der Waals surface area contributed by atoms with Crippen molar-refractivity contribution < 1.29 is 8.42 Å². The number of hydrogen-bond donors (Lipinski definition) is 2. The van der Waals surface area contributed by atoms with Gasteiger partial charge in [-0.2, -0.15) is 10.2 Å². The number of nitrogen functional groups attached to an aromatic ring is 1. The summed E-state index contributed by atoms with van der Waals surface area (Å²) >= 11 is 0. The van der Waals surface area contributed by atoms with E-state index in [1.165, 1.54) is 10.9 Å². The van der Waals surface area contributed by atoms with Crippen LogP contribution in [-0.4, -0.2) is 34.5 Å². The van der Waals surface area contributed by atoms with Crippen molar-refractivity contribution in [1.82, 2.24) is 24.3 Å². The summed E-state index contributed by atoms with van der Waals surface area (Å²) in [5, 5.41) is 7.82. The van der Waals surface area contributed by atoms with Crippen molar-refractivity contribution in [3.8, 4) is 0 Å². The molecule has 9 heteroatoms. The molecule has 0 atom stereocenters. The number of hydrogen-bond acceptors (Lipinski definition) is 5. The minimum atomic E-state index is -3.62. The second-order valence-electron chi connectivity index (χ2n) is 4.15. The Kier molecular flexibility index (Phi) is 3.58. The molecule has 0 aromatic carbocycles. The molecule has 2 aromatic rings. The second kappa shape index (κ2) is 5.02. The van der Waals surface area contributed by atoms with E-state index in [0.29, 0.717) is 6.42 Å². The first-order chi connectivity index (χ1) is 8.90. The zero-order chi connectivity index (χ0) is 14.0. The van der Waals surface area contributed by atoms with Gasteiger partial charge in [-0.25, -0.2) is 13.1 Å². The third-order valence-corrected chi connectivity index (χ3v) is 4.18. The van der Waals surface area contributed by atoms with Gasteiger partial charge in [0.15, 0.2) is 5.82 Å². The van der Waals surface area contributed by atoms with E-state index >= 15 is 0 Å². The number of nitrogens with zero attached hydrogens (tertiary/aromatic N) is 4. The van der Waals surface area contributed by atoms with Crippen molar-refractivity contribution >= 4 is 15.8 Å². The summed E-state index contributed by atoms with van der Waals surface area (Å²) < 4.78 is 29.6. The third kappa shape index (κ3) is 2.93. The van der Waals surface area contributed by atoms with Gasteiger partial charge >= 0.3 is 0 Å². The first kappa shape index (κ1) is 13.6. The molecule has 0 amide bonds. The molecule has 8 nitrogen and oxygen atoms in total. The lowest BCUT2D eigenvalue weighted by Gasteiger charge is -2.05. The fourth-order valence-corrected chi connectivity index (χ4v) is 2.86. The van der Waals surface area contributed by atoms with Crippen LogP contribution in [0.3, 0.4) is 0 Å². The number of aromatic nitrogens is 4. The number of nitrogens with two attached hydrogens (primary N) is 1. The molecule has 0 spiro atoms. The molecule has 0 aliphatic rings. The highest BCUT2D eigenvalue weighted by atomic mass is 32.2. The predicted molar refractivity (Wildman–Crippen MR) is 69.7 cm³/mol. The zero-order valence-electron chi connectivity index (χ0n) is 10.7. The molecule has 0 saturated heterocycles. The Hall–Kier alpha value is -1.87. The first-order valence-electron chi connectivity index (χ1n) is 5.66. The van der Waals surface area contributed by atoms with Crippen molar-refractivity contribution in [2.75, 3.05) is 12.3 Å². The molecule has 19 heavy (non-hydrogen) atoms.